The molecule has 280 valence electrons. The highest BCUT2D eigenvalue weighted by Crippen LogP contribution is 2.77. The van der Waals surface area contributed by atoms with Crippen molar-refractivity contribution in [1.82, 2.24) is 0 Å². The Morgan fingerprint density at radius 1 is 0.808 bits per heavy atom. The third kappa shape index (κ3) is 5.67. The minimum atomic E-state index is -0.516. The fourth-order valence-corrected chi connectivity index (χ4v) is 13.6. The van der Waals surface area contributed by atoms with Crippen LogP contribution in [0.25, 0.3) is 5.57 Å². The normalized spacial score (nSPS) is 37.7. The van der Waals surface area contributed by atoms with E-state index in [0.717, 1.165) is 37.7 Å². The maximum absolute atomic E-state index is 14.4. The van der Waals surface area contributed by atoms with Gasteiger partial charge < -0.3 is 9.47 Å². The van der Waals surface area contributed by atoms with Gasteiger partial charge in [0.05, 0.1) is 11.0 Å². The highest BCUT2D eigenvalue weighted by Gasteiger charge is 2.71. The van der Waals surface area contributed by atoms with Gasteiger partial charge in [-0.05, 0) is 166 Å². The average Bonchev–Trinajstić information content (AvgIpc) is 3.48. The van der Waals surface area contributed by atoms with Gasteiger partial charge in [-0.15, -0.1) is 0 Å². The molecule has 0 radical (unpaired) electrons. The van der Waals surface area contributed by atoms with Crippen LogP contribution >= 0.6 is 0 Å². The Kier molecular flexibility index (Phi) is 9.10. The van der Waals surface area contributed by atoms with Crippen molar-refractivity contribution in [3.05, 3.63) is 89.5 Å². The topological polar surface area (TPSA) is 52.6 Å². The van der Waals surface area contributed by atoms with Gasteiger partial charge in [-0.2, -0.15) is 0 Å². The van der Waals surface area contributed by atoms with Crippen LogP contribution in [0.3, 0.4) is 0 Å². The Bertz CT molecular complexity index is 1740. The number of rotatable bonds is 6. The first kappa shape index (κ1) is 37.2. The van der Waals surface area contributed by atoms with Gasteiger partial charge in [-0.25, -0.2) is 4.79 Å². The minimum absolute atomic E-state index is 0.000247. The van der Waals surface area contributed by atoms with E-state index < -0.39 is 11.0 Å². The summed E-state index contributed by atoms with van der Waals surface area (Å²) in [6.07, 6.45) is 12.5. The molecule has 0 aliphatic heterocycles. The molecule has 4 nitrogen and oxygen atoms in total. The minimum Gasteiger partial charge on any atom is -0.460 e. The Hall–Kier alpha value is -3.14. The third-order valence-corrected chi connectivity index (χ3v) is 16.1. The van der Waals surface area contributed by atoms with Gasteiger partial charge in [0.2, 0.25) is 0 Å². The van der Waals surface area contributed by atoms with Crippen LogP contribution in [0, 0.1) is 56.7 Å². The van der Waals surface area contributed by atoms with Crippen molar-refractivity contribution in [2.24, 2.45) is 56.7 Å². The van der Waals surface area contributed by atoms with E-state index in [2.05, 4.69) is 78.5 Å². The number of benzene rings is 2. The third-order valence-electron chi connectivity index (χ3n) is 16.1. The van der Waals surface area contributed by atoms with Crippen molar-refractivity contribution >= 4 is 17.5 Å². The molecule has 0 saturated heterocycles. The quantitative estimate of drug-likeness (QED) is 0.222. The zero-order valence-electron chi connectivity index (χ0n) is 33.6. The first-order valence-corrected chi connectivity index (χ1v) is 20.3. The van der Waals surface area contributed by atoms with Crippen LogP contribution in [0.1, 0.15) is 142 Å². The van der Waals surface area contributed by atoms with Crippen LogP contribution in [0.2, 0.25) is 0 Å². The van der Waals surface area contributed by atoms with Crippen LogP contribution in [0.4, 0.5) is 0 Å². The van der Waals surface area contributed by atoms with Crippen LogP contribution in [0.5, 0.6) is 0 Å². The van der Waals surface area contributed by atoms with Gasteiger partial charge in [0, 0.05) is 0 Å². The standard InChI is InChI=1S/C48H64O4/c1-31(2)35-22-27-48(42(50)51-30-32-14-12-11-13-15-32)29-28-46(9)37(40(35)48)20-21-39-45(8)25-23-36(44(6,7)38(45)24-26-47(39,46)10)33-16-18-34(19-17-33)41(49)52-43(3,4)5/h11-19,23,35,37-40H,1,20-22,24-30H2,2-10H3/t35-,37+,38?,39+,40+,45-,46+,47+,48-/m0/s1. The summed E-state index contributed by atoms with van der Waals surface area (Å²) in [5.41, 5.74) is 5.17. The molecule has 0 spiro atoms. The van der Waals surface area contributed by atoms with Crippen LogP contribution < -0.4 is 0 Å². The predicted octanol–water partition coefficient (Wildman–Crippen LogP) is 12.0. The summed E-state index contributed by atoms with van der Waals surface area (Å²) in [4.78, 5) is 27.1. The molecule has 2 aromatic rings. The van der Waals surface area contributed by atoms with Crippen LogP contribution in [0.15, 0.2) is 72.8 Å². The van der Waals surface area contributed by atoms with Crippen LogP contribution in [-0.4, -0.2) is 17.5 Å². The number of carbonyl (C=O) groups excluding carboxylic acids is 2. The lowest BCUT2D eigenvalue weighted by Gasteiger charge is -2.72. The van der Waals surface area contributed by atoms with Crippen molar-refractivity contribution < 1.29 is 19.1 Å². The first-order valence-electron chi connectivity index (χ1n) is 20.3. The molecular weight excluding hydrogens is 641 g/mol. The van der Waals surface area contributed by atoms with Crippen molar-refractivity contribution in [3.8, 4) is 0 Å². The van der Waals surface area contributed by atoms with E-state index in [1.807, 2.05) is 51.1 Å². The molecule has 7 rings (SSSR count). The van der Waals surface area contributed by atoms with Gasteiger partial charge in [-0.3, -0.25) is 4.79 Å². The largest absolute Gasteiger partial charge is 0.460 e. The number of fused-ring (bicyclic) bond motifs is 7. The van der Waals surface area contributed by atoms with E-state index in [1.54, 1.807) is 0 Å². The first-order chi connectivity index (χ1) is 24.4. The predicted molar refractivity (Wildman–Crippen MR) is 210 cm³/mol. The maximum Gasteiger partial charge on any atom is 0.338 e. The number of allylic oxidation sites excluding steroid dienone is 3. The number of esters is 2. The lowest BCUT2D eigenvalue weighted by Crippen LogP contribution is -2.66. The molecule has 0 N–H and O–H groups in total. The van der Waals surface area contributed by atoms with E-state index in [0.29, 0.717) is 41.8 Å². The van der Waals surface area contributed by atoms with Gasteiger partial charge in [0.1, 0.15) is 12.2 Å². The molecular formula is C48H64O4. The molecule has 0 heterocycles. The zero-order valence-corrected chi connectivity index (χ0v) is 33.6. The number of ether oxygens (including phenoxy) is 2. The fraction of sp³-hybridized carbons (Fsp3) is 0.625. The van der Waals surface area contributed by atoms with Gasteiger partial charge in [0.15, 0.2) is 0 Å². The molecule has 0 bridgehead atoms. The Balaban J connectivity index is 1.17. The molecule has 4 fully saturated rings. The number of carbonyl (C=O) groups is 2. The maximum atomic E-state index is 14.4. The Morgan fingerprint density at radius 3 is 2.15 bits per heavy atom. The average molecular weight is 705 g/mol. The van der Waals surface area contributed by atoms with Crippen molar-refractivity contribution in [2.75, 3.05) is 0 Å². The molecule has 9 atom stereocenters. The molecule has 52 heavy (non-hydrogen) atoms. The summed E-state index contributed by atoms with van der Waals surface area (Å²) in [7, 11) is 0. The van der Waals surface area contributed by atoms with Crippen molar-refractivity contribution in [1.29, 1.82) is 0 Å². The van der Waals surface area contributed by atoms with Gasteiger partial charge in [-0.1, -0.05) is 95.3 Å². The smallest absolute Gasteiger partial charge is 0.338 e. The second-order valence-electron chi connectivity index (χ2n) is 20.0. The summed E-state index contributed by atoms with van der Waals surface area (Å²) in [6.45, 7) is 25.7. The highest BCUT2D eigenvalue weighted by atomic mass is 16.6. The van der Waals surface area contributed by atoms with Gasteiger partial charge in [0.25, 0.3) is 0 Å². The molecule has 0 aromatic heterocycles. The van der Waals surface area contributed by atoms with Crippen molar-refractivity contribution in [2.45, 2.75) is 132 Å². The summed E-state index contributed by atoms with van der Waals surface area (Å²) in [5, 5.41) is 0. The number of hydrogen-bond acceptors (Lipinski definition) is 4. The molecule has 4 heteroatoms. The second-order valence-corrected chi connectivity index (χ2v) is 20.0. The van der Waals surface area contributed by atoms with Gasteiger partial charge >= 0.3 is 11.9 Å². The lowest BCUT2D eigenvalue weighted by molar-refractivity contribution is -0.229. The SMILES string of the molecule is C=C(C)[C@@H]1CC[C@]2(C(=O)OCc3ccccc3)CC[C@]3(C)[C@H](CC[C@@H]4[C@@]5(C)CC=C(c6ccc(C(=O)OC(C)(C)C)cc6)C(C)(C)C5CC[C@]43C)[C@@H]12. The summed E-state index contributed by atoms with van der Waals surface area (Å²) in [5.74, 6) is 2.12. The fourth-order valence-electron chi connectivity index (χ4n) is 13.6. The lowest BCUT2D eigenvalue weighted by atomic mass is 9.32. The number of hydrogen-bond donors (Lipinski definition) is 0. The molecule has 5 aliphatic rings. The van der Waals surface area contributed by atoms with Crippen LogP contribution in [-0.2, 0) is 20.9 Å². The molecule has 5 aliphatic carbocycles. The van der Waals surface area contributed by atoms with E-state index in [1.165, 1.54) is 42.4 Å². The Morgan fingerprint density at radius 2 is 1.50 bits per heavy atom. The monoisotopic (exact) mass is 704 g/mol. The summed E-state index contributed by atoms with van der Waals surface area (Å²) >= 11 is 0. The van der Waals surface area contributed by atoms with E-state index in [4.69, 9.17) is 9.47 Å². The summed E-state index contributed by atoms with van der Waals surface area (Å²) < 4.78 is 11.9. The molecule has 0 amide bonds. The van der Waals surface area contributed by atoms with E-state index in [-0.39, 0.29) is 33.6 Å². The second kappa shape index (κ2) is 12.7. The van der Waals surface area contributed by atoms with Crippen molar-refractivity contribution in [3.63, 3.8) is 0 Å². The molecule has 2 aromatic carbocycles. The highest BCUT2D eigenvalue weighted by molar-refractivity contribution is 5.90. The molecule has 4 saturated carbocycles. The molecule has 1 unspecified atom stereocenters. The van der Waals surface area contributed by atoms with E-state index in [9.17, 15) is 9.59 Å². The van der Waals surface area contributed by atoms with E-state index >= 15 is 0 Å². The Labute approximate surface area is 314 Å². The zero-order chi connectivity index (χ0) is 37.5. The summed E-state index contributed by atoms with van der Waals surface area (Å²) in [6, 6.07) is 18.3.